The standard InChI is InChI=1S/C18H13N5S/c1-2-23-17(13-6-4-3-5-7-13)21-22-18(23)24-16-9-8-14(11-19)15(10-16)12-20/h3-10H,2H2,1H3. The molecule has 0 atom stereocenters. The highest BCUT2D eigenvalue weighted by atomic mass is 32.2. The first kappa shape index (κ1) is 15.8. The van der Waals surface area contributed by atoms with Crippen LogP contribution in [0.3, 0.4) is 0 Å². The molecule has 1 heterocycles. The molecule has 3 aromatic rings. The van der Waals surface area contributed by atoms with Crippen LogP contribution in [0.1, 0.15) is 18.1 Å². The van der Waals surface area contributed by atoms with Crippen LogP contribution in [0, 0.1) is 22.7 Å². The smallest absolute Gasteiger partial charge is 0.196 e. The summed E-state index contributed by atoms with van der Waals surface area (Å²) in [6.45, 7) is 2.78. The van der Waals surface area contributed by atoms with Gasteiger partial charge in [-0.1, -0.05) is 30.3 Å². The Morgan fingerprint density at radius 1 is 1.00 bits per heavy atom. The minimum Gasteiger partial charge on any atom is -0.302 e. The van der Waals surface area contributed by atoms with Gasteiger partial charge in [0.2, 0.25) is 0 Å². The molecule has 2 aromatic carbocycles. The molecule has 0 radical (unpaired) electrons. The minimum absolute atomic E-state index is 0.369. The molecular formula is C18H13N5S. The summed E-state index contributed by atoms with van der Waals surface area (Å²) in [7, 11) is 0. The molecule has 1 aromatic heterocycles. The van der Waals surface area contributed by atoms with Gasteiger partial charge < -0.3 is 4.57 Å². The summed E-state index contributed by atoms with van der Waals surface area (Å²) in [5, 5.41) is 27.5. The third-order valence-corrected chi connectivity index (χ3v) is 4.48. The van der Waals surface area contributed by atoms with E-state index in [1.165, 1.54) is 11.8 Å². The Bertz CT molecular complexity index is 948. The van der Waals surface area contributed by atoms with E-state index in [9.17, 15) is 0 Å². The molecule has 0 N–H and O–H groups in total. The van der Waals surface area contributed by atoms with Crippen molar-refractivity contribution in [1.29, 1.82) is 10.5 Å². The van der Waals surface area contributed by atoms with Crippen LogP contribution in [0.4, 0.5) is 0 Å². The van der Waals surface area contributed by atoms with Gasteiger partial charge in [-0.3, -0.25) is 0 Å². The van der Waals surface area contributed by atoms with E-state index >= 15 is 0 Å². The van der Waals surface area contributed by atoms with Crippen molar-refractivity contribution in [2.45, 2.75) is 23.5 Å². The van der Waals surface area contributed by atoms with Crippen LogP contribution in [0.25, 0.3) is 11.4 Å². The molecule has 116 valence electrons. The Morgan fingerprint density at radius 2 is 1.75 bits per heavy atom. The molecule has 5 nitrogen and oxygen atoms in total. The summed E-state index contributed by atoms with van der Waals surface area (Å²) < 4.78 is 2.03. The molecule has 0 aliphatic rings. The molecule has 0 saturated heterocycles. The Kier molecular flexibility index (Phi) is 4.60. The first-order chi connectivity index (χ1) is 11.8. The second-order valence-electron chi connectivity index (χ2n) is 4.95. The minimum atomic E-state index is 0.369. The lowest BCUT2D eigenvalue weighted by Crippen LogP contribution is -1.99. The molecule has 0 fully saturated rings. The maximum Gasteiger partial charge on any atom is 0.196 e. The summed E-state index contributed by atoms with van der Waals surface area (Å²) in [6, 6.07) is 19.2. The van der Waals surface area contributed by atoms with Crippen LogP contribution in [0.2, 0.25) is 0 Å². The van der Waals surface area contributed by atoms with E-state index in [2.05, 4.69) is 16.3 Å². The molecule has 0 spiro atoms. The van der Waals surface area contributed by atoms with Gasteiger partial charge in [-0.05, 0) is 36.9 Å². The Balaban J connectivity index is 1.96. The monoisotopic (exact) mass is 331 g/mol. The van der Waals surface area contributed by atoms with Gasteiger partial charge in [-0.25, -0.2) is 0 Å². The molecule has 0 aliphatic carbocycles. The Labute approximate surface area is 144 Å². The van der Waals surface area contributed by atoms with Crippen LogP contribution in [-0.2, 0) is 6.54 Å². The lowest BCUT2D eigenvalue weighted by atomic mass is 10.1. The molecule has 24 heavy (non-hydrogen) atoms. The lowest BCUT2D eigenvalue weighted by Gasteiger charge is -2.07. The second-order valence-corrected chi connectivity index (χ2v) is 5.99. The van der Waals surface area contributed by atoms with Crippen molar-refractivity contribution in [3.8, 4) is 23.5 Å². The third-order valence-electron chi connectivity index (χ3n) is 3.51. The number of hydrogen-bond donors (Lipinski definition) is 0. The van der Waals surface area contributed by atoms with Gasteiger partial charge in [0.05, 0.1) is 11.1 Å². The summed E-state index contributed by atoms with van der Waals surface area (Å²) in [5.74, 6) is 0.815. The molecule has 0 amide bonds. The zero-order valence-electron chi connectivity index (χ0n) is 13.0. The maximum absolute atomic E-state index is 9.15. The lowest BCUT2D eigenvalue weighted by molar-refractivity contribution is 0.687. The van der Waals surface area contributed by atoms with Crippen LogP contribution < -0.4 is 0 Å². The van der Waals surface area contributed by atoms with Gasteiger partial charge >= 0.3 is 0 Å². The van der Waals surface area contributed by atoms with Gasteiger partial charge in [-0.15, -0.1) is 10.2 Å². The molecule has 6 heteroatoms. The van der Waals surface area contributed by atoms with Crippen LogP contribution in [-0.4, -0.2) is 14.8 Å². The van der Waals surface area contributed by atoms with E-state index < -0.39 is 0 Å². The Hall–Kier alpha value is -3.09. The van der Waals surface area contributed by atoms with Crippen molar-refractivity contribution in [1.82, 2.24) is 14.8 Å². The fourth-order valence-corrected chi connectivity index (χ4v) is 3.26. The molecule has 0 bridgehead atoms. The van der Waals surface area contributed by atoms with Crippen LogP contribution in [0.15, 0.2) is 58.6 Å². The SMILES string of the molecule is CCn1c(Sc2ccc(C#N)c(C#N)c2)nnc1-c1ccccc1. The van der Waals surface area contributed by atoms with Gasteiger partial charge in [0, 0.05) is 17.0 Å². The van der Waals surface area contributed by atoms with Crippen LogP contribution >= 0.6 is 11.8 Å². The second kappa shape index (κ2) is 6.99. The van der Waals surface area contributed by atoms with Crippen molar-refractivity contribution in [3.63, 3.8) is 0 Å². The average molecular weight is 331 g/mol. The highest BCUT2D eigenvalue weighted by Crippen LogP contribution is 2.30. The van der Waals surface area contributed by atoms with Crippen LogP contribution in [0.5, 0.6) is 0 Å². The number of hydrogen-bond acceptors (Lipinski definition) is 5. The topological polar surface area (TPSA) is 78.3 Å². The molecule has 0 saturated carbocycles. The van der Waals surface area contributed by atoms with E-state index in [0.717, 1.165) is 28.0 Å². The van der Waals surface area contributed by atoms with Crippen molar-refractivity contribution in [3.05, 3.63) is 59.7 Å². The highest BCUT2D eigenvalue weighted by molar-refractivity contribution is 7.99. The normalized spacial score (nSPS) is 10.1. The van der Waals surface area contributed by atoms with E-state index in [1.807, 2.05) is 54.0 Å². The number of benzene rings is 2. The predicted molar refractivity (Wildman–Crippen MR) is 91.1 cm³/mol. The van der Waals surface area contributed by atoms with E-state index in [-0.39, 0.29) is 0 Å². The average Bonchev–Trinajstić information content (AvgIpc) is 3.04. The zero-order valence-corrected chi connectivity index (χ0v) is 13.8. The van der Waals surface area contributed by atoms with E-state index in [1.54, 1.807) is 12.1 Å². The van der Waals surface area contributed by atoms with E-state index in [4.69, 9.17) is 10.5 Å². The van der Waals surface area contributed by atoms with Gasteiger partial charge in [0.25, 0.3) is 0 Å². The predicted octanol–water partition coefficient (Wildman–Crippen LogP) is 3.86. The summed E-state index contributed by atoms with van der Waals surface area (Å²) in [4.78, 5) is 0.854. The summed E-state index contributed by atoms with van der Waals surface area (Å²) in [5.41, 5.74) is 1.76. The largest absolute Gasteiger partial charge is 0.302 e. The molecule has 0 unspecified atom stereocenters. The number of nitrogens with zero attached hydrogens (tertiary/aromatic N) is 5. The molecule has 0 aliphatic heterocycles. The molecule has 3 rings (SSSR count). The summed E-state index contributed by atoms with van der Waals surface area (Å²) >= 11 is 1.43. The van der Waals surface area contributed by atoms with Gasteiger partial charge in [0.15, 0.2) is 11.0 Å². The van der Waals surface area contributed by atoms with Crippen molar-refractivity contribution >= 4 is 11.8 Å². The quantitative estimate of drug-likeness (QED) is 0.725. The maximum atomic E-state index is 9.15. The number of aromatic nitrogens is 3. The number of nitriles is 2. The summed E-state index contributed by atoms with van der Waals surface area (Å²) in [6.07, 6.45) is 0. The third kappa shape index (κ3) is 3.01. The first-order valence-electron chi connectivity index (χ1n) is 7.37. The Morgan fingerprint density at radius 3 is 2.42 bits per heavy atom. The zero-order chi connectivity index (χ0) is 16.9. The van der Waals surface area contributed by atoms with Crippen molar-refractivity contribution < 1.29 is 0 Å². The molecular weight excluding hydrogens is 318 g/mol. The van der Waals surface area contributed by atoms with Gasteiger partial charge in [0.1, 0.15) is 12.1 Å². The number of rotatable bonds is 4. The van der Waals surface area contributed by atoms with Crippen molar-refractivity contribution in [2.24, 2.45) is 0 Å². The van der Waals surface area contributed by atoms with E-state index in [0.29, 0.717) is 11.1 Å². The van der Waals surface area contributed by atoms with Crippen molar-refractivity contribution in [2.75, 3.05) is 0 Å². The van der Waals surface area contributed by atoms with Gasteiger partial charge in [-0.2, -0.15) is 10.5 Å². The highest BCUT2D eigenvalue weighted by Gasteiger charge is 2.14. The first-order valence-corrected chi connectivity index (χ1v) is 8.19. The fraction of sp³-hybridized carbons (Fsp3) is 0.111. The fourth-order valence-electron chi connectivity index (χ4n) is 2.33.